The first-order chi connectivity index (χ1) is 9.10. The molecule has 0 bridgehead atoms. The first-order valence-electron chi connectivity index (χ1n) is 6.03. The lowest BCUT2D eigenvalue weighted by Gasteiger charge is -2.25. The fourth-order valence-electron chi connectivity index (χ4n) is 1.95. The highest BCUT2D eigenvalue weighted by Crippen LogP contribution is 2.26. The van der Waals surface area contributed by atoms with E-state index in [2.05, 4.69) is 10.3 Å². The number of rotatable bonds is 5. The molecule has 0 spiro atoms. The smallest absolute Gasteiger partial charge is 0.350 e. The number of thiazole rings is 1. The number of hydrogen-bond donors (Lipinski definition) is 1. The van der Waals surface area contributed by atoms with Gasteiger partial charge in [0, 0.05) is 26.7 Å². The van der Waals surface area contributed by atoms with Crippen molar-refractivity contribution < 1.29 is 19.0 Å². The molecule has 1 fully saturated rings. The summed E-state index contributed by atoms with van der Waals surface area (Å²) >= 11 is 1.29. The van der Waals surface area contributed by atoms with E-state index in [9.17, 15) is 4.79 Å². The maximum absolute atomic E-state index is 11.5. The molecule has 0 radical (unpaired) electrons. The van der Waals surface area contributed by atoms with Crippen LogP contribution >= 0.6 is 11.3 Å². The predicted octanol–water partition coefficient (Wildman–Crippen LogP) is 1.46. The van der Waals surface area contributed by atoms with Gasteiger partial charge in [-0.05, 0) is 6.92 Å². The Bertz CT molecular complexity index is 455. The van der Waals surface area contributed by atoms with Gasteiger partial charge in [-0.2, -0.15) is 0 Å². The topological polar surface area (TPSA) is 69.7 Å². The Morgan fingerprint density at radius 1 is 1.58 bits per heavy atom. The summed E-state index contributed by atoms with van der Waals surface area (Å²) < 4.78 is 15.6. The van der Waals surface area contributed by atoms with Crippen molar-refractivity contribution in [3.63, 3.8) is 0 Å². The average molecular weight is 286 g/mol. The summed E-state index contributed by atoms with van der Waals surface area (Å²) in [6, 6.07) is 0. The molecule has 2 rings (SSSR count). The van der Waals surface area contributed by atoms with Crippen molar-refractivity contribution in [1.29, 1.82) is 0 Å². The predicted molar refractivity (Wildman–Crippen MR) is 71.9 cm³/mol. The lowest BCUT2D eigenvalue weighted by Crippen LogP contribution is -2.39. The van der Waals surface area contributed by atoms with Crippen molar-refractivity contribution in [1.82, 2.24) is 4.98 Å². The number of nitrogens with zero attached hydrogens (tertiary/aromatic N) is 1. The van der Waals surface area contributed by atoms with Gasteiger partial charge in [-0.3, -0.25) is 0 Å². The van der Waals surface area contributed by atoms with Gasteiger partial charge < -0.3 is 19.5 Å². The van der Waals surface area contributed by atoms with Crippen LogP contribution in [0.5, 0.6) is 0 Å². The van der Waals surface area contributed by atoms with Crippen molar-refractivity contribution >= 4 is 22.4 Å². The molecule has 106 valence electrons. The molecule has 1 aliphatic rings. The van der Waals surface area contributed by atoms with E-state index in [-0.39, 0.29) is 11.6 Å². The second kappa shape index (κ2) is 5.85. The van der Waals surface area contributed by atoms with Crippen LogP contribution in [0, 0.1) is 6.92 Å². The summed E-state index contributed by atoms with van der Waals surface area (Å²) in [5, 5.41) is 3.91. The number of anilines is 1. The van der Waals surface area contributed by atoms with Crippen molar-refractivity contribution in [3.8, 4) is 0 Å². The van der Waals surface area contributed by atoms with E-state index >= 15 is 0 Å². The number of nitrogens with one attached hydrogen (secondary N) is 1. The molecule has 19 heavy (non-hydrogen) atoms. The van der Waals surface area contributed by atoms with Crippen molar-refractivity contribution in [3.05, 3.63) is 10.6 Å². The summed E-state index contributed by atoms with van der Waals surface area (Å²) in [6.45, 7) is 3.68. The highest BCUT2D eigenvalue weighted by atomic mass is 32.1. The van der Waals surface area contributed by atoms with Crippen LogP contribution in [0.1, 0.15) is 21.8 Å². The van der Waals surface area contributed by atoms with E-state index in [0.717, 1.165) is 6.42 Å². The molecule has 1 aromatic rings. The van der Waals surface area contributed by atoms with E-state index in [1.165, 1.54) is 18.4 Å². The lowest BCUT2D eigenvalue weighted by molar-refractivity contribution is -0.00620. The fraction of sp³-hybridized carbons (Fsp3) is 0.667. The normalized spacial score (nSPS) is 22.5. The molecule has 2 heterocycles. The van der Waals surface area contributed by atoms with Gasteiger partial charge in [0.15, 0.2) is 5.13 Å². The van der Waals surface area contributed by atoms with E-state index in [1.807, 2.05) is 0 Å². The minimum absolute atomic E-state index is 0.301. The Morgan fingerprint density at radius 2 is 2.37 bits per heavy atom. The van der Waals surface area contributed by atoms with Gasteiger partial charge in [0.25, 0.3) is 0 Å². The summed E-state index contributed by atoms with van der Waals surface area (Å²) in [6.07, 6.45) is 0.852. The monoisotopic (exact) mass is 286 g/mol. The van der Waals surface area contributed by atoms with Crippen LogP contribution in [0.15, 0.2) is 0 Å². The number of ether oxygens (including phenoxy) is 3. The number of hydrogen-bond acceptors (Lipinski definition) is 7. The minimum atomic E-state index is -0.353. The third-order valence-corrected chi connectivity index (χ3v) is 4.32. The molecular formula is C12H18N2O4S. The molecule has 1 saturated heterocycles. The van der Waals surface area contributed by atoms with Crippen LogP contribution in [0.2, 0.25) is 0 Å². The largest absolute Gasteiger partial charge is 0.465 e. The van der Waals surface area contributed by atoms with Gasteiger partial charge in [-0.15, -0.1) is 0 Å². The van der Waals surface area contributed by atoms with Crippen LogP contribution in [0.25, 0.3) is 0 Å². The molecule has 0 amide bonds. The van der Waals surface area contributed by atoms with Gasteiger partial charge in [0.05, 0.1) is 19.4 Å². The van der Waals surface area contributed by atoms with Crippen LogP contribution in [0.3, 0.4) is 0 Å². The maximum atomic E-state index is 11.5. The zero-order chi connectivity index (χ0) is 13.9. The molecule has 0 aromatic carbocycles. The van der Waals surface area contributed by atoms with Crippen molar-refractivity contribution in [2.45, 2.75) is 18.9 Å². The van der Waals surface area contributed by atoms with Gasteiger partial charge in [-0.1, -0.05) is 11.3 Å². The SMILES string of the molecule is COC(=O)c1sc(NCC2(OC)CCOC2)nc1C. The summed E-state index contributed by atoms with van der Waals surface area (Å²) in [5.74, 6) is -0.353. The molecule has 0 saturated carbocycles. The highest BCUT2D eigenvalue weighted by molar-refractivity contribution is 7.17. The van der Waals surface area contributed by atoms with Gasteiger partial charge in [-0.25, -0.2) is 9.78 Å². The van der Waals surface area contributed by atoms with Crippen LogP contribution in [-0.4, -0.2) is 50.5 Å². The van der Waals surface area contributed by atoms with Crippen molar-refractivity contribution in [2.75, 3.05) is 39.3 Å². The number of esters is 1. The number of methoxy groups -OCH3 is 2. The molecule has 1 aliphatic heterocycles. The molecule has 1 aromatic heterocycles. The molecule has 6 nitrogen and oxygen atoms in total. The Hall–Kier alpha value is -1.18. The van der Waals surface area contributed by atoms with Crippen molar-refractivity contribution in [2.24, 2.45) is 0 Å². The Kier molecular flexibility index (Phi) is 4.38. The molecule has 1 N–H and O–H groups in total. The van der Waals surface area contributed by atoms with E-state index in [0.29, 0.717) is 35.5 Å². The zero-order valence-corrected chi connectivity index (χ0v) is 12.1. The van der Waals surface area contributed by atoms with Gasteiger partial charge in [0.1, 0.15) is 10.5 Å². The Balaban J connectivity index is 2.02. The Morgan fingerprint density at radius 3 is 2.95 bits per heavy atom. The molecule has 1 atom stereocenters. The van der Waals surface area contributed by atoms with Crippen LogP contribution < -0.4 is 5.32 Å². The van der Waals surface area contributed by atoms with Gasteiger partial charge in [0.2, 0.25) is 0 Å². The lowest BCUT2D eigenvalue weighted by atomic mass is 10.0. The van der Waals surface area contributed by atoms with Gasteiger partial charge >= 0.3 is 5.97 Å². The number of carbonyl (C=O) groups excluding carboxylic acids is 1. The quantitative estimate of drug-likeness (QED) is 0.826. The van der Waals surface area contributed by atoms with E-state index in [1.54, 1.807) is 14.0 Å². The fourth-order valence-corrected chi connectivity index (χ4v) is 2.83. The summed E-state index contributed by atoms with van der Waals surface area (Å²) in [5.41, 5.74) is 0.374. The summed E-state index contributed by atoms with van der Waals surface area (Å²) in [7, 11) is 3.05. The molecule has 1 unspecified atom stereocenters. The number of aromatic nitrogens is 1. The highest BCUT2D eigenvalue weighted by Gasteiger charge is 2.35. The molecule has 7 heteroatoms. The molecule has 0 aliphatic carbocycles. The summed E-state index contributed by atoms with van der Waals surface area (Å²) in [4.78, 5) is 16.3. The third-order valence-electron chi connectivity index (χ3n) is 3.23. The molecular weight excluding hydrogens is 268 g/mol. The maximum Gasteiger partial charge on any atom is 0.350 e. The van der Waals surface area contributed by atoms with E-state index in [4.69, 9.17) is 14.2 Å². The third kappa shape index (κ3) is 3.05. The van der Waals surface area contributed by atoms with Crippen LogP contribution in [0.4, 0.5) is 5.13 Å². The second-order valence-corrected chi connectivity index (χ2v) is 5.47. The average Bonchev–Trinajstić information content (AvgIpc) is 3.03. The zero-order valence-electron chi connectivity index (χ0n) is 11.3. The Labute approximate surface area is 116 Å². The second-order valence-electron chi connectivity index (χ2n) is 4.47. The number of carbonyl (C=O) groups is 1. The van der Waals surface area contributed by atoms with E-state index < -0.39 is 0 Å². The number of aryl methyl sites for hydroxylation is 1. The standard InChI is InChI=1S/C12H18N2O4S/c1-8-9(10(15)16-2)19-11(14-8)13-6-12(17-3)4-5-18-7-12/h4-7H2,1-3H3,(H,13,14). The first kappa shape index (κ1) is 14.2. The van der Waals surface area contributed by atoms with Crippen LogP contribution in [-0.2, 0) is 14.2 Å². The minimum Gasteiger partial charge on any atom is -0.465 e. The first-order valence-corrected chi connectivity index (χ1v) is 6.84.